The summed E-state index contributed by atoms with van der Waals surface area (Å²) in [7, 11) is 0. The molecule has 1 N–H and O–H groups in total. The van der Waals surface area contributed by atoms with E-state index in [-0.39, 0.29) is 0 Å². The van der Waals surface area contributed by atoms with E-state index in [0.29, 0.717) is 5.82 Å². The summed E-state index contributed by atoms with van der Waals surface area (Å²) in [6.45, 7) is 3.26. The number of amides is 1. The number of nitrogens with zero attached hydrogens (tertiary/aromatic N) is 1. The summed E-state index contributed by atoms with van der Waals surface area (Å²) < 4.78 is -1.42. The highest BCUT2D eigenvalue weighted by Crippen LogP contribution is 2.22. The van der Waals surface area contributed by atoms with E-state index >= 15 is 0 Å². The number of thiazole rings is 1. The number of carbonyl (C=O) groups is 1. The Kier molecular flexibility index (Phi) is 3.16. The van der Waals surface area contributed by atoms with E-state index in [4.69, 9.17) is 23.2 Å². The Labute approximate surface area is 90.1 Å². The molecule has 1 heterocycles. The molecule has 3 nitrogen and oxygen atoms in total. The molecular formula is C7H8Cl2N2OS. The van der Waals surface area contributed by atoms with Crippen molar-refractivity contribution >= 4 is 46.3 Å². The first-order valence-corrected chi connectivity index (χ1v) is 5.14. The summed E-state index contributed by atoms with van der Waals surface area (Å²) in [5, 5.41) is 5.10. The fraction of sp³-hybridized carbons (Fsp3) is 0.429. The van der Waals surface area contributed by atoms with E-state index < -0.39 is 10.2 Å². The van der Waals surface area contributed by atoms with E-state index in [1.165, 1.54) is 18.3 Å². The molecule has 0 aliphatic rings. The van der Waals surface area contributed by atoms with Crippen molar-refractivity contribution in [3.05, 3.63) is 10.4 Å². The first kappa shape index (κ1) is 10.8. The summed E-state index contributed by atoms with van der Waals surface area (Å²) in [5.41, 5.74) is 0. The maximum atomic E-state index is 11.2. The molecule has 72 valence electrons. The Balaban J connectivity index is 2.65. The van der Waals surface area contributed by atoms with Crippen LogP contribution < -0.4 is 5.32 Å². The van der Waals surface area contributed by atoms with Crippen LogP contribution in [0.15, 0.2) is 5.38 Å². The number of aryl methyl sites for hydroxylation is 1. The first-order chi connectivity index (χ1) is 5.89. The van der Waals surface area contributed by atoms with Gasteiger partial charge in [-0.15, -0.1) is 11.3 Å². The number of alkyl halides is 2. The molecule has 1 rings (SSSR count). The minimum Gasteiger partial charge on any atom is -0.307 e. The smallest absolute Gasteiger partial charge is 0.261 e. The number of halogens is 2. The standard InChI is InChI=1S/C7H8Cl2N2OS/c1-4-10-5(3-13-4)11-6(12)7(2,8)9/h3H,1-2H3,(H,11,12). The number of anilines is 1. The molecule has 0 saturated carbocycles. The van der Waals surface area contributed by atoms with Crippen molar-refractivity contribution in [2.75, 3.05) is 5.32 Å². The van der Waals surface area contributed by atoms with Gasteiger partial charge in [0.05, 0.1) is 5.01 Å². The topological polar surface area (TPSA) is 42.0 Å². The molecule has 0 bridgehead atoms. The number of carbonyl (C=O) groups excluding carboxylic acids is 1. The molecule has 0 aromatic carbocycles. The van der Waals surface area contributed by atoms with Crippen LogP contribution >= 0.6 is 34.5 Å². The third-order valence-corrected chi connectivity index (χ3v) is 2.38. The monoisotopic (exact) mass is 238 g/mol. The largest absolute Gasteiger partial charge is 0.307 e. The molecule has 0 spiro atoms. The molecule has 13 heavy (non-hydrogen) atoms. The molecule has 1 aromatic heterocycles. The Bertz CT molecular complexity index is 319. The molecule has 1 aromatic rings. The third kappa shape index (κ3) is 3.14. The quantitative estimate of drug-likeness (QED) is 0.806. The molecule has 6 heteroatoms. The van der Waals surface area contributed by atoms with E-state index in [0.717, 1.165) is 5.01 Å². The van der Waals surface area contributed by atoms with Gasteiger partial charge in [0, 0.05) is 5.38 Å². The number of nitrogens with one attached hydrogen (secondary N) is 1. The lowest BCUT2D eigenvalue weighted by molar-refractivity contribution is -0.116. The number of aromatic nitrogens is 1. The molecule has 0 radical (unpaired) electrons. The van der Waals surface area contributed by atoms with E-state index in [9.17, 15) is 4.79 Å². The van der Waals surface area contributed by atoms with Crippen LogP contribution in [-0.2, 0) is 4.79 Å². The Morgan fingerprint density at radius 1 is 1.69 bits per heavy atom. The van der Waals surface area contributed by atoms with Crippen molar-refractivity contribution in [1.82, 2.24) is 4.98 Å². The predicted octanol–water partition coefficient (Wildman–Crippen LogP) is 2.58. The summed E-state index contributed by atoms with van der Waals surface area (Å²) in [6, 6.07) is 0. The van der Waals surface area contributed by atoms with Crippen molar-refractivity contribution in [3.63, 3.8) is 0 Å². The van der Waals surface area contributed by atoms with Gasteiger partial charge in [-0.2, -0.15) is 0 Å². The molecule has 0 aliphatic carbocycles. The molecule has 0 fully saturated rings. The summed E-state index contributed by atoms with van der Waals surface area (Å²) in [5.74, 6) is 0.0150. The van der Waals surface area contributed by atoms with E-state index in [1.807, 2.05) is 6.92 Å². The summed E-state index contributed by atoms with van der Waals surface area (Å²) in [6.07, 6.45) is 0. The fourth-order valence-electron chi connectivity index (χ4n) is 0.647. The highest BCUT2D eigenvalue weighted by atomic mass is 35.5. The Morgan fingerprint density at radius 3 is 2.69 bits per heavy atom. The molecule has 0 saturated heterocycles. The van der Waals surface area contributed by atoms with Crippen LogP contribution in [-0.4, -0.2) is 15.2 Å². The number of hydrogen-bond donors (Lipinski definition) is 1. The molecule has 0 atom stereocenters. The maximum Gasteiger partial charge on any atom is 0.261 e. The third-order valence-electron chi connectivity index (χ3n) is 1.26. The van der Waals surface area contributed by atoms with Crippen LogP contribution in [0.5, 0.6) is 0 Å². The zero-order chi connectivity index (χ0) is 10.1. The van der Waals surface area contributed by atoms with Crippen molar-refractivity contribution < 1.29 is 4.79 Å². The van der Waals surface area contributed by atoms with E-state index in [2.05, 4.69) is 10.3 Å². The minimum atomic E-state index is -1.42. The average molecular weight is 239 g/mol. The lowest BCUT2D eigenvalue weighted by Gasteiger charge is -2.11. The Hall–Kier alpha value is -0.320. The van der Waals surface area contributed by atoms with Crippen molar-refractivity contribution in [2.45, 2.75) is 18.2 Å². The van der Waals surface area contributed by atoms with Crippen molar-refractivity contribution in [3.8, 4) is 0 Å². The van der Waals surface area contributed by atoms with Crippen LogP contribution in [0.3, 0.4) is 0 Å². The molecule has 0 unspecified atom stereocenters. The lowest BCUT2D eigenvalue weighted by atomic mass is 10.4. The minimum absolute atomic E-state index is 0.471. The molecule has 0 aliphatic heterocycles. The lowest BCUT2D eigenvalue weighted by Crippen LogP contribution is -2.29. The van der Waals surface area contributed by atoms with Crippen LogP contribution in [0, 0.1) is 6.92 Å². The van der Waals surface area contributed by atoms with Crippen LogP contribution in [0.2, 0.25) is 0 Å². The van der Waals surface area contributed by atoms with E-state index in [1.54, 1.807) is 5.38 Å². The van der Waals surface area contributed by atoms with Gasteiger partial charge in [0.1, 0.15) is 5.82 Å². The molecule has 1 amide bonds. The number of hydrogen-bond acceptors (Lipinski definition) is 3. The van der Waals surface area contributed by atoms with Crippen LogP contribution in [0.1, 0.15) is 11.9 Å². The van der Waals surface area contributed by atoms with Gasteiger partial charge in [-0.1, -0.05) is 23.2 Å². The fourth-order valence-corrected chi connectivity index (χ4v) is 1.29. The highest BCUT2D eigenvalue weighted by Gasteiger charge is 2.27. The zero-order valence-electron chi connectivity index (χ0n) is 7.10. The summed E-state index contributed by atoms with van der Waals surface area (Å²) in [4.78, 5) is 15.3. The van der Waals surface area contributed by atoms with Gasteiger partial charge in [0.25, 0.3) is 5.91 Å². The van der Waals surface area contributed by atoms with Crippen LogP contribution in [0.4, 0.5) is 5.82 Å². The normalized spacial score (nSPS) is 11.4. The van der Waals surface area contributed by atoms with Crippen molar-refractivity contribution in [1.29, 1.82) is 0 Å². The van der Waals surface area contributed by atoms with Gasteiger partial charge in [0.2, 0.25) is 0 Å². The van der Waals surface area contributed by atoms with Gasteiger partial charge in [-0.3, -0.25) is 4.79 Å². The zero-order valence-corrected chi connectivity index (χ0v) is 9.43. The van der Waals surface area contributed by atoms with Gasteiger partial charge < -0.3 is 5.32 Å². The van der Waals surface area contributed by atoms with Gasteiger partial charge in [-0.25, -0.2) is 4.98 Å². The average Bonchev–Trinajstić information content (AvgIpc) is 2.33. The molecular weight excluding hydrogens is 231 g/mol. The first-order valence-electron chi connectivity index (χ1n) is 3.51. The van der Waals surface area contributed by atoms with Crippen molar-refractivity contribution in [2.24, 2.45) is 0 Å². The SMILES string of the molecule is Cc1nc(NC(=O)C(C)(Cl)Cl)cs1. The second kappa shape index (κ2) is 3.82. The highest BCUT2D eigenvalue weighted by molar-refractivity contribution is 7.09. The van der Waals surface area contributed by atoms with Gasteiger partial charge in [-0.05, 0) is 13.8 Å². The second-order valence-corrected chi connectivity index (χ2v) is 5.36. The van der Waals surface area contributed by atoms with Gasteiger partial charge >= 0.3 is 0 Å². The van der Waals surface area contributed by atoms with Gasteiger partial charge in [0.15, 0.2) is 4.33 Å². The number of rotatable bonds is 2. The second-order valence-electron chi connectivity index (χ2n) is 2.59. The Morgan fingerprint density at radius 2 is 2.31 bits per heavy atom. The summed E-state index contributed by atoms with van der Waals surface area (Å²) >= 11 is 12.6. The maximum absolute atomic E-state index is 11.2. The van der Waals surface area contributed by atoms with Crippen LogP contribution in [0.25, 0.3) is 0 Å². The predicted molar refractivity (Wildman–Crippen MR) is 55.6 cm³/mol.